The normalized spacial score (nSPS) is 25.6. The summed E-state index contributed by atoms with van der Waals surface area (Å²) in [6, 6.07) is 0.858. The van der Waals surface area contributed by atoms with Crippen molar-refractivity contribution in [3.63, 3.8) is 0 Å². The van der Waals surface area contributed by atoms with Gasteiger partial charge in [0.25, 0.3) is 0 Å². The number of thiazole rings is 1. The van der Waals surface area contributed by atoms with Gasteiger partial charge in [0.05, 0.1) is 10.7 Å². The Hall–Kier alpha value is -1.14. The fourth-order valence-electron chi connectivity index (χ4n) is 3.46. The average molecular weight is 308 g/mol. The predicted molar refractivity (Wildman–Crippen MR) is 84.7 cm³/mol. The summed E-state index contributed by atoms with van der Waals surface area (Å²) in [5, 5.41) is 9.26. The molecule has 0 saturated carbocycles. The Balaban J connectivity index is 1.40. The highest BCUT2D eigenvalue weighted by Gasteiger charge is 2.36. The van der Waals surface area contributed by atoms with Crippen molar-refractivity contribution >= 4 is 17.4 Å². The maximum Gasteiger partial charge on any atom is 0.315 e. The van der Waals surface area contributed by atoms with E-state index in [1.165, 1.54) is 25.8 Å². The Morgan fingerprint density at radius 2 is 2.33 bits per heavy atom. The van der Waals surface area contributed by atoms with Crippen molar-refractivity contribution in [2.24, 2.45) is 0 Å². The summed E-state index contributed by atoms with van der Waals surface area (Å²) >= 11 is 1.66. The van der Waals surface area contributed by atoms with Crippen LogP contribution in [0.1, 0.15) is 36.4 Å². The van der Waals surface area contributed by atoms with Gasteiger partial charge in [0.2, 0.25) is 0 Å². The Morgan fingerprint density at radius 3 is 3.14 bits per heavy atom. The van der Waals surface area contributed by atoms with Gasteiger partial charge in [0.1, 0.15) is 0 Å². The number of hydrogen-bond acceptors (Lipinski definition) is 4. The van der Waals surface area contributed by atoms with Crippen LogP contribution in [-0.4, -0.2) is 47.6 Å². The number of hydrogen-bond donors (Lipinski definition) is 2. The van der Waals surface area contributed by atoms with Crippen LogP contribution in [0, 0.1) is 6.92 Å². The van der Waals surface area contributed by atoms with Gasteiger partial charge >= 0.3 is 6.03 Å². The van der Waals surface area contributed by atoms with Crippen LogP contribution < -0.4 is 10.6 Å². The molecule has 2 N–H and O–H groups in total. The number of piperidine rings is 1. The second-order valence-electron chi connectivity index (χ2n) is 6.00. The van der Waals surface area contributed by atoms with E-state index in [0.717, 1.165) is 30.1 Å². The van der Waals surface area contributed by atoms with Gasteiger partial charge < -0.3 is 10.6 Å². The molecule has 2 saturated heterocycles. The van der Waals surface area contributed by atoms with Gasteiger partial charge in [-0.25, -0.2) is 9.78 Å². The highest BCUT2D eigenvalue weighted by molar-refractivity contribution is 7.09. The lowest BCUT2D eigenvalue weighted by molar-refractivity contribution is 0.179. The first kappa shape index (κ1) is 14.8. The number of carbonyl (C=O) groups excluding carboxylic acids is 1. The summed E-state index contributed by atoms with van der Waals surface area (Å²) in [5.41, 5.74) is 1.07. The molecule has 2 amide bonds. The molecule has 2 atom stereocenters. The zero-order valence-corrected chi connectivity index (χ0v) is 13.4. The summed E-state index contributed by atoms with van der Waals surface area (Å²) in [6.45, 7) is 4.99. The molecule has 3 heterocycles. The highest BCUT2D eigenvalue weighted by atomic mass is 32.1. The Labute approximate surface area is 130 Å². The number of nitrogens with one attached hydrogen (secondary N) is 2. The monoisotopic (exact) mass is 308 g/mol. The van der Waals surface area contributed by atoms with Crippen LogP contribution in [0.25, 0.3) is 0 Å². The third-order valence-electron chi connectivity index (χ3n) is 4.51. The molecule has 3 rings (SSSR count). The first-order valence-corrected chi connectivity index (χ1v) is 8.80. The fraction of sp³-hybridized carbons (Fsp3) is 0.733. The summed E-state index contributed by atoms with van der Waals surface area (Å²) in [7, 11) is 0. The fourth-order valence-corrected chi connectivity index (χ4v) is 4.11. The first-order chi connectivity index (χ1) is 10.2. The molecule has 1 aromatic heterocycles. The number of aromatic nitrogens is 1. The summed E-state index contributed by atoms with van der Waals surface area (Å²) in [4.78, 5) is 18.9. The number of nitrogens with zero attached hydrogens (tertiary/aromatic N) is 2. The number of rotatable bonds is 4. The molecule has 5 nitrogen and oxygen atoms in total. The molecule has 0 aliphatic carbocycles. The Morgan fingerprint density at radius 1 is 1.43 bits per heavy atom. The van der Waals surface area contributed by atoms with Gasteiger partial charge in [0.15, 0.2) is 0 Å². The second-order valence-corrected chi connectivity index (χ2v) is 7.06. The predicted octanol–water partition coefficient (Wildman–Crippen LogP) is 1.92. The lowest BCUT2D eigenvalue weighted by Crippen LogP contribution is -2.49. The molecule has 0 radical (unpaired) electrons. The van der Waals surface area contributed by atoms with Crippen LogP contribution in [0.3, 0.4) is 0 Å². The zero-order valence-electron chi connectivity index (χ0n) is 12.6. The molecular weight excluding hydrogens is 284 g/mol. The van der Waals surface area contributed by atoms with E-state index in [1.807, 2.05) is 6.92 Å². The summed E-state index contributed by atoms with van der Waals surface area (Å²) < 4.78 is 0. The number of fused-ring (bicyclic) bond motifs is 1. The molecule has 2 aliphatic rings. The quantitative estimate of drug-likeness (QED) is 0.893. The van der Waals surface area contributed by atoms with Gasteiger partial charge in [-0.05, 0) is 32.7 Å². The molecule has 21 heavy (non-hydrogen) atoms. The topological polar surface area (TPSA) is 57.3 Å². The van der Waals surface area contributed by atoms with E-state index in [4.69, 9.17) is 0 Å². The van der Waals surface area contributed by atoms with E-state index in [2.05, 4.69) is 25.9 Å². The van der Waals surface area contributed by atoms with Crippen LogP contribution in [0.2, 0.25) is 0 Å². The van der Waals surface area contributed by atoms with Gasteiger partial charge in [-0.3, -0.25) is 4.90 Å². The van der Waals surface area contributed by atoms with Crippen molar-refractivity contribution in [3.05, 3.63) is 16.1 Å². The molecule has 0 unspecified atom stereocenters. The van der Waals surface area contributed by atoms with E-state index in [-0.39, 0.29) is 6.03 Å². The largest absolute Gasteiger partial charge is 0.338 e. The zero-order chi connectivity index (χ0) is 14.7. The van der Waals surface area contributed by atoms with E-state index in [9.17, 15) is 4.79 Å². The van der Waals surface area contributed by atoms with Crippen molar-refractivity contribution in [1.29, 1.82) is 0 Å². The second kappa shape index (κ2) is 6.75. The van der Waals surface area contributed by atoms with Gasteiger partial charge in [-0.1, -0.05) is 6.42 Å². The van der Waals surface area contributed by atoms with Crippen molar-refractivity contribution in [3.8, 4) is 0 Å². The molecule has 0 aromatic carbocycles. The van der Waals surface area contributed by atoms with Crippen LogP contribution in [0.5, 0.6) is 0 Å². The smallest absolute Gasteiger partial charge is 0.315 e. The molecular formula is C15H24N4OS. The summed E-state index contributed by atoms with van der Waals surface area (Å²) in [5.74, 6) is 0. The van der Waals surface area contributed by atoms with Crippen LogP contribution >= 0.6 is 11.3 Å². The minimum atomic E-state index is -0.0284. The molecule has 0 bridgehead atoms. The minimum absolute atomic E-state index is 0.0284. The number of carbonyl (C=O) groups is 1. The molecule has 6 heteroatoms. The average Bonchev–Trinajstić information content (AvgIpc) is 3.06. The molecule has 2 fully saturated rings. The van der Waals surface area contributed by atoms with Crippen molar-refractivity contribution in [2.75, 3.05) is 19.6 Å². The van der Waals surface area contributed by atoms with Crippen molar-refractivity contribution in [2.45, 2.75) is 51.1 Å². The standard InChI is InChI=1S/C15H24N4OS/c1-11-17-12(10-21-11)5-7-16-15(20)18-13-6-9-19-8-3-2-4-14(13)19/h10,13-14H,2-9H2,1H3,(H2,16,18,20)/t13-,14+/m0/s1. The Bertz CT molecular complexity index is 490. The first-order valence-electron chi connectivity index (χ1n) is 7.92. The summed E-state index contributed by atoms with van der Waals surface area (Å²) in [6.07, 6.45) is 5.72. The lowest BCUT2D eigenvalue weighted by atomic mass is 9.99. The van der Waals surface area contributed by atoms with Gasteiger partial charge in [-0.2, -0.15) is 0 Å². The van der Waals surface area contributed by atoms with E-state index >= 15 is 0 Å². The minimum Gasteiger partial charge on any atom is -0.338 e. The molecule has 116 valence electrons. The van der Waals surface area contributed by atoms with E-state index in [1.54, 1.807) is 11.3 Å². The van der Waals surface area contributed by atoms with Gasteiger partial charge in [-0.15, -0.1) is 11.3 Å². The SMILES string of the molecule is Cc1nc(CCNC(=O)N[C@H]2CCN3CCCC[C@H]23)cs1. The third kappa shape index (κ3) is 3.74. The van der Waals surface area contributed by atoms with Crippen LogP contribution in [0.4, 0.5) is 4.79 Å². The lowest BCUT2D eigenvalue weighted by Gasteiger charge is -2.32. The Kier molecular flexibility index (Phi) is 4.75. The third-order valence-corrected chi connectivity index (χ3v) is 5.33. The highest BCUT2D eigenvalue weighted by Crippen LogP contribution is 2.26. The van der Waals surface area contributed by atoms with Gasteiger partial charge in [0, 0.05) is 37.0 Å². The molecule has 1 aromatic rings. The number of aryl methyl sites for hydroxylation is 1. The maximum atomic E-state index is 12.0. The van der Waals surface area contributed by atoms with Crippen molar-refractivity contribution < 1.29 is 4.79 Å². The number of urea groups is 1. The van der Waals surface area contributed by atoms with Crippen LogP contribution in [-0.2, 0) is 6.42 Å². The van der Waals surface area contributed by atoms with E-state index in [0.29, 0.717) is 18.6 Å². The maximum absolute atomic E-state index is 12.0. The van der Waals surface area contributed by atoms with Crippen molar-refractivity contribution in [1.82, 2.24) is 20.5 Å². The van der Waals surface area contributed by atoms with Crippen LogP contribution in [0.15, 0.2) is 5.38 Å². The molecule has 0 spiro atoms. The van der Waals surface area contributed by atoms with E-state index < -0.39 is 0 Å². The molecule has 2 aliphatic heterocycles. The number of amides is 2.